The lowest BCUT2D eigenvalue weighted by Crippen LogP contribution is -2.30. The summed E-state index contributed by atoms with van der Waals surface area (Å²) in [5.41, 5.74) is 0. The van der Waals surface area contributed by atoms with Crippen LogP contribution in [0.3, 0.4) is 0 Å². The van der Waals surface area contributed by atoms with Gasteiger partial charge < -0.3 is 19.5 Å². The minimum absolute atomic E-state index is 0.140. The van der Waals surface area contributed by atoms with Crippen molar-refractivity contribution in [2.24, 2.45) is 0 Å². The van der Waals surface area contributed by atoms with E-state index in [2.05, 4.69) is 62.5 Å². The molecule has 1 fully saturated rings. The normalized spacial score (nSPS) is 17.2. The van der Waals surface area contributed by atoms with Crippen LogP contribution in [0.2, 0.25) is 0 Å². The first-order chi connectivity index (χ1) is 22.7. The van der Waals surface area contributed by atoms with Crippen LogP contribution in [0.1, 0.15) is 168 Å². The maximum atomic E-state index is 11.6. The van der Waals surface area contributed by atoms with Crippen molar-refractivity contribution in [1.82, 2.24) is 4.90 Å². The molecule has 2 atom stereocenters. The van der Waals surface area contributed by atoms with Crippen molar-refractivity contribution in [3.63, 3.8) is 0 Å². The average molecular weight is 644 g/mol. The molecule has 1 N–H and O–H groups in total. The summed E-state index contributed by atoms with van der Waals surface area (Å²) in [6, 6.07) is 0. The summed E-state index contributed by atoms with van der Waals surface area (Å²) in [5.74, 6) is 0. The van der Waals surface area contributed by atoms with Gasteiger partial charge in [-0.1, -0.05) is 140 Å². The quantitative estimate of drug-likeness (QED) is 0.0585. The van der Waals surface area contributed by atoms with Crippen molar-refractivity contribution in [1.29, 1.82) is 0 Å². The molecule has 0 spiro atoms. The highest BCUT2D eigenvalue weighted by Crippen LogP contribution is 2.19. The number of carbonyl (C=O) groups is 1. The Morgan fingerprint density at radius 1 is 0.522 bits per heavy atom. The SMILES string of the molecule is CCCCC/C=C\C/C=C\CCCCCCCCOC1CN(C(=O)O)CC1OCCCCCCCC/C=C\C/C=C\CCCCC. The van der Waals surface area contributed by atoms with Crippen molar-refractivity contribution >= 4 is 6.09 Å². The van der Waals surface area contributed by atoms with E-state index in [0.29, 0.717) is 26.3 Å². The number of unbranched alkanes of at least 4 members (excludes halogenated alkanes) is 18. The first-order valence-electron chi connectivity index (χ1n) is 19.5. The zero-order chi connectivity index (χ0) is 33.2. The molecule has 0 bridgehead atoms. The van der Waals surface area contributed by atoms with Crippen LogP contribution in [-0.2, 0) is 9.47 Å². The highest BCUT2D eigenvalue weighted by Gasteiger charge is 2.36. The molecule has 1 heterocycles. The van der Waals surface area contributed by atoms with Crippen LogP contribution in [0.4, 0.5) is 4.79 Å². The molecule has 0 aliphatic carbocycles. The summed E-state index contributed by atoms with van der Waals surface area (Å²) >= 11 is 0. The zero-order valence-electron chi connectivity index (χ0n) is 30.2. The smallest absolute Gasteiger partial charge is 0.407 e. The molecule has 0 saturated carbocycles. The second kappa shape index (κ2) is 33.1. The molecule has 1 aliphatic heterocycles. The Labute approximate surface area is 285 Å². The van der Waals surface area contributed by atoms with E-state index in [4.69, 9.17) is 9.47 Å². The van der Waals surface area contributed by atoms with Crippen molar-refractivity contribution < 1.29 is 19.4 Å². The van der Waals surface area contributed by atoms with Crippen LogP contribution in [0.15, 0.2) is 48.6 Å². The highest BCUT2D eigenvalue weighted by atomic mass is 16.5. The van der Waals surface area contributed by atoms with Gasteiger partial charge in [0.1, 0.15) is 12.2 Å². The molecule has 2 unspecified atom stereocenters. The lowest BCUT2D eigenvalue weighted by atomic mass is 10.1. The first-order valence-corrected chi connectivity index (χ1v) is 19.5. The van der Waals surface area contributed by atoms with Gasteiger partial charge in [-0.2, -0.15) is 0 Å². The molecule has 266 valence electrons. The third-order valence-electron chi connectivity index (χ3n) is 8.84. The minimum Gasteiger partial charge on any atom is -0.465 e. The molecule has 5 heteroatoms. The maximum absolute atomic E-state index is 11.6. The van der Waals surface area contributed by atoms with Gasteiger partial charge in [-0.25, -0.2) is 4.79 Å². The highest BCUT2D eigenvalue weighted by molar-refractivity contribution is 5.65. The molecule has 1 saturated heterocycles. The Morgan fingerprint density at radius 3 is 1.20 bits per heavy atom. The molecule has 5 nitrogen and oxygen atoms in total. The van der Waals surface area contributed by atoms with Crippen LogP contribution in [-0.4, -0.2) is 54.6 Å². The third-order valence-corrected chi connectivity index (χ3v) is 8.84. The van der Waals surface area contributed by atoms with E-state index < -0.39 is 6.09 Å². The molecule has 0 radical (unpaired) electrons. The Balaban J connectivity index is 2.01. The lowest BCUT2D eigenvalue weighted by molar-refractivity contribution is -0.0481. The summed E-state index contributed by atoms with van der Waals surface area (Å²) < 4.78 is 12.3. The van der Waals surface area contributed by atoms with Crippen LogP contribution < -0.4 is 0 Å². The van der Waals surface area contributed by atoms with Crippen molar-refractivity contribution in [3.05, 3.63) is 48.6 Å². The summed E-state index contributed by atoms with van der Waals surface area (Å²) in [5, 5.41) is 9.49. The number of nitrogens with zero attached hydrogens (tertiary/aromatic N) is 1. The van der Waals surface area contributed by atoms with E-state index in [1.165, 1.54) is 133 Å². The van der Waals surface area contributed by atoms with Gasteiger partial charge >= 0.3 is 6.09 Å². The van der Waals surface area contributed by atoms with E-state index in [-0.39, 0.29) is 12.2 Å². The second-order valence-corrected chi connectivity index (χ2v) is 13.2. The van der Waals surface area contributed by atoms with E-state index in [1.54, 1.807) is 0 Å². The van der Waals surface area contributed by atoms with E-state index in [9.17, 15) is 9.90 Å². The molecule has 1 aliphatic rings. The standard InChI is InChI=1S/C41H73NO4/c1-3-5-7-9-11-13-15-17-19-21-23-25-27-29-31-33-35-45-39-37-42(41(43)44)38-40(39)46-36-34-32-30-28-26-24-22-20-18-16-14-12-10-8-6-4-2/h11-14,17-20,39-40H,3-10,15-16,21-38H2,1-2H3,(H,43,44)/b13-11-,14-12-,19-17-,20-18-. The number of likely N-dealkylation sites (tertiary alicyclic amines) is 1. The van der Waals surface area contributed by atoms with Crippen LogP contribution in [0.25, 0.3) is 0 Å². The topological polar surface area (TPSA) is 59.0 Å². The average Bonchev–Trinajstić information content (AvgIpc) is 3.47. The first kappa shape index (κ1) is 42.2. The van der Waals surface area contributed by atoms with E-state index >= 15 is 0 Å². The van der Waals surface area contributed by atoms with Gasteiger partial charge in [0.2, 0.25) is 0 Å². The summed E-state index contributed by atoms with van der Waals surface area (Å²) in [6.45, 7) is 6.73. The monoisotopic (exact) mass is 644 g/mol. The van der Waals surface area contributed by atoms with Crippen molar-refractivity contribution in [3.8, 4) is 0 Å². The Morgan fingerprint density at radius 2 is 0.848 bits per heavy atom. The number of hydrogen-bond donors (Lipinski definition) is 1. The zero-order valence-corrected chi connectivity index (χ0v) is 30.2. The fourth-order valence-electron chi connectivity index (χ4n) is 5.87. The molecule has 1 amide bonds. The predicted molar refractivity (Wildman–Crippen MR) is 198 cm³/mol. The molecule has 1 rings (SSSR count). The molecule has 0 aromatic carbocycles. The van der Waals surface area contributed by atoms with E-state index in [0.717, 1.165) is 25.7 Å². The lowest BCUT2D eigenvalue weighted by Gasteiger charge is -2.19. The van der Waals surface area contributed by atoms with Gasteiger partial charge in [-0.3, -0.25) is 0 Å². The fourth-order valence-corrected chi connectivity index (χ4v) is 5.87. The van der Waals surface area contributed by atoms with Gasteiger partial charge in [0, 0.05) is 13.2 Å². The van der Waals surface area contributed by atoms with Crippen LogP contribution in [0, 0.1) is 0 Å². The molecular weight excluding hydrogens is 570 g/mol. The van der Waals surface area contributed by atoms with Gasteiger partial charge in [0.05, 0.1) is 13.1 Å². The number of amides is 1. The third kappa shape index (κ3) is 26.2. The van der Waals surface area contributed by atoms with Crippen molar-refractivity contribution in [2.45, 2.75) is 180 Å². The Hall–Kier alpha value is -1.85. The number of allylic oxidation sites excluding steroid dienone is 8. The molecule has 0 aromatic heterocycles. The summed E-state index contributed by atoms with van der Waals surface area (Å²) in [7, 11) is 0. The minimum atomic E-state index is -0.873. The Bertz CT molecular complexity index is 731. The molecule has 0 aromatic rings. The van der Waals surface area contributed by atoms with Gasteiger partial charge in [-0.15, -0.1) is 0 Å². The summed E-state index contributed by atoms with van der Waals surface area (Å²) in [4.78, 5) is 13.0. The summed E-state index contributed by atoms with van der Waals surface area (Å²) in [6.07, 6.45) is 46.8. The maximum Gasteiger partial charge on any atom is 0.407 e. The predicted octanol–water partition coefficient (Wildman–Crippen LogP) is 12.4. The number of rotatable bonds is 32. The van der Waals surface area contributed by atoms with Gasteiger partial charge in [-0.05, 0) is 77.0 Å². The molecule has 46 heavy (non-hydrogen) atoms. The molecular formula is C41H73NO4. The number of hydrogen-bond acceptors (Lipinski definition) is 3. The Kier molecular flexibility index (Phi) is 30.3. The van der Waals surface area contributed by atoms with Gasteiger partial charge in [0.15, 0.2) is 0 Å². The second-order valence-electron chi connectivity index (χ2n) is 13.2. The largest absolute Gasteiger partial charge is 0.465 e. The van der Waals surface area contributed by atoms with Crippen LogP contribution in [0.5, 0.6) is 0 Å². The number of ether oxygens (including phenoxy) is 2. The van der Waals surface area contributed by atoms with E-state index in [1.807, 2.05) is 0 Å². The van der Waals surface area contributed by atoms with Crippen LogP contribution >= 0.6 is 0 Å². The fraction of sp³-hybridized carbons (Fsp3) is 0.780. The number of carboxylic acid groups (broad SMARTS) is 1. The van der Waals surface area contributed by atoms with Gasteiger partial charge in [0.25, 0.3) is 0 Å². The van der Waals surface area contributed by atoms with Crippen molar-refractivity contribution in [2.75, 3.05) is 26.3 Å².